The van der Waals surface area contributed by atoms with Gasteiger partial charge in [0.15, 0.2) is 0 Å². The van der Waals surface area contributed by atoms with E-state index in [4.69, 9.17) is 25.8 Å². The molecule has 5 nitrogen and oxygen atoms in total. The molecule has 1 aromatic carbocycles. The summed E-state index contributed by atoms with van der Waals surface area (Å²) in [6.45, 7) is 5.04. The second-order valence-corrected chi connectivity index (χ2v) is 4.66. The van der Waals surface area contributed by atoms with Crippen LogP contribution in [0.3, 0.4) is 0 Å². The molecule has 0 atom stereocenters. The Morgan fingerprint density at radius 1 is 1.20 bits per heavy atom. The first-order chi connectivity index (χ1) is 9.76. The van der Waals surface area contributed by atoms with Crippen LogP contribution < -0.4 is 4.74 Å². The summed E-state index contributed by atoms with van der Waals surface area (Å²) in [6, 6.07) is 3.74. The largest absolute Gasteiger partial charge is 0.490 e. The zero-order valence-corrected chi connectivity index (χ0v) is 12.5. The molecule has 0 saturated carbocycles. The normalized spacial score (nSPS) is 11.2. The zero-order chi connectivity index (χ0) is 14.4. The molecule has 20 heavy (non-hydrogen) atoms. The van der Waals surface area contributed by atoms with Gasteiger partial charge in [0.25, 0.3) is 0 Å². The Balaban J connectivity index is 1.97. The third kappa shape index (κ3) is 3.62. The Kier molecular flexibility index (Phi) is 5.64. The maximum absolute atomic E-state index is 6.18. The standard InChI is InChI=1S/C14H19ClN2O3/c1-3-17-10-16-12-8-11(15)14(9-13(12)17)20-7-6-19-5-4-18-2/h8-10H,3-7H2,1-2H3. The van der Waals surface area contributed by atoms with Crippen molar-refractivity contribution >= 4 is 22.6 Å². The molecule has 2 rings (SSSR count). The number of hydrogen-bond acceptors (Lipinski definition) is 4. The molecule has 0 fully saturated rings. The van der Waals surface area contributed by atoms with E-state index in [-0.39, 0.29) is 0 Å². The molecule has 0 N–H and O–H groups in total. The van der Waals surface area contributed by atoms with Crippen LogP contribution in [0.25, 0.3) is 11.0 Å². The van der Waals surface area contributed by atoms with Crippen LogP contribution in [0.15, 0.2) is 18.5 Å². The van der Waals surface area contributed by atoms with Crippen molar-refractivity contribution in [3.63, 3.8) is 0 Å². The molecular weight excluding hydrogens is 280 g/mol. The molecule has 0 radical (unpaired) electrons. The highest BCUT2D eigenvalue weighted by Crippen LogP contribution is 2.29. The Hall–Kier alpha value is -1.30. The van der Waals surface area contributed by atoms with E-state index in [1.54, 1.807) is 13.4 Å². The number of nitrogens with zero attached hydrogens (tertiary/aromatic N) is 2. The molecule has 0 aliphatic carbocycles. The predicted molar refractivity (Wildman–Crippen MR) is 78.6 cm³/mol. The molecule has 0 saturated heterocycles. The van der Waals surface area contributed by atoms with Crippen molar-refractivity contribution in [2.45, 2.75) is 13.5 Å². The summed E-state index contributed by atoms with van der Waals surface area (Å²) in [7, 11) is 1.64. The fraction of sp³-hybridized carbons (Fsp3) is 0.500. The minimum absolute atomic E-state index is 0.454. The third-order valence-corrected chi connectivity index (χ3v) is 3.23. The summed E-state index contributed by atoms with van der Waals surface area (Å²) in [5.41, 5.74) is 1.90. The molecule has 0 aliphatic heterocycles. The first-order valence-electron chi connectivity index (χ1n) is 6.60. The highest BCUT2D eigenvalue weighted by molar-refractivity contribution is 6.32. The van der Waals surface area contributed by atoms with Crippen molar-refractivity contribution in [3.8, 4) is 5.75 Å². The summed E-state index contributed by atoms with van der Waals surface area (Å²) in [6.07, 6.45) is 1.80. The minimum Gasteiger partial charge on any atom is -0.490 e. The Bertz CT molecular complexity index is 557. The van der Waals surface area contributed by atoms with Crippen LogP contribution in [0.4, 0.5) is 0 Å². The van der Waals surface area contributed by atoms with Crippen LogP contribution in [-0.2, 0) is 16.0 Å². The molecule has 0 bridgehead atoms. The first kappa shape index (κ1) is 15.1. The van der Waals surface area contributed by atoms with Gasteiger partial charge >= 0.3 is 0 Å². The lowest BCUT2D eigenvalue weighted by atomic mass is 10.3. The van der Waals surface area contributed by atoms with E-state index in [0.717, 1.165) is 17.6 Å². The van der Waals surface area contributed by atoms with Gasteiger partial charge in [-0.3, -0.25) is 0 Å². The van der Waals surface area contributed by atoms with Gasteiger partial charge in [-0.15, -0.1) is 0 Å². The average Bonchev–Trinajstić information content (AvgIpc) is 2.84. The topological polar surface area (TPSA) is 45.5 Å². The van der Waals surface area contributed by atoms with Crippen LogP contribution in [0, 0.1) is 0 Å². The van der Waals surface area contributed by atoms with Crippen molar-refractivity contribution in [1.29, 1.82) is 0 Å². The zero-order valence-electron chi connectivity index (χ0n) is 11.8. The van der Waals surface area contributed by atoms with Crippen molar-refractivity contribution in [3.05, 3.63) is 23.5 Å². The van der Waals surface area contributed by atoms with Gasteiger partial charge in [-0.1, -0.05) is 11.6 Å². The fourth-order valence-electron chi connectivity index (χ4n) is 1.88. The van der Waals surface area contributed by atoms with Crippen molar-refractivity contribution in [1.82, 2.24) is 9.55 Å². The van der Waals surface area contributed by atoms with Gasteiger partial charge in [-0.05, 0) is 13.0 Å². The predicted octanol–water partition coefficient (Wildman–Crippen LogP) is 2.75. The highest BCUT2D eigenvalue weighted by Gasteiger charge is 2.08. The van der Waals surface area contributed by atoms with Gasteiger partial charge < -0.3 is 18.8 Å². The van der Waals surface area contributed by atoms with Crippen LogP contribution >= 0.6 is 11.6 Å². The van der Waals surface area contributed by atoms with Gasteiger partial charge in [0.2, 0.25) is 0 Å². The lowest BCUT2D eigenvalue weighted by Crippen LogP contribution is -2.10. The van der Waals surface area contributed by atoms with Crippen molar-refractivity contribution in [2.24, 2.45) is 0 Å². The molecule has 110 valence electrons. The number of fused-ring (bicyclic) bond motifs is 1. The van der Waals surface area contributed by atoms with E-state index in [0.29, 0.717) is 37.2 Å². The number of methoxy groups -OCH3 is 1. The summed E-state index contributed by atoms with van der Waals surface area (Å²) < 4.78 is 17.9. The van der Waals surface area contributed by atoms with Crippen LogP contribution in [0.5, 0.6) is 5.75 Å². The molecule has 6 heteroatoms. The highest BCUT2D eigenvalue weighted by atomic mass is 35.5. The number of hydrogen-bond donors (Lipinski definition) is 0. The molecule has 0 unspecified atom stereocenters. The lowest BCUT2D eigenvalue weighted by molar-refractivity contribution is 0.0544. The summed E-state index contributed by atoms with van der Waals surface area (Å²) in [5, 5.41) is 0.566. The van der Waals surface area contributed by atoms with E-state index >= 15 is 0 Å². The molecular formula is C14H19ClN2O3. The number of imidazole rings is 1. The number of aromatic nitrogens is 2. The molecule has 1 heterocycles. The smallest absolute Gasteiger partial charge is 0.140 e. The average molecular weight is 299 g/mol. The van der Waals surface area contributed by atoms with Crippen molar-refractivity contribution < 1.29 is 14.2 Å². The van der Waals surface area contributed by atoms with E-state index in [1.165, 1.54) is 0 Å². The number of rotatable bonds is 8. The SMILES string of the molecule is CCn1cnc2cc(Cl)c(OCCOCCOC)cc21. The van der Waals surface area contributed by atoms with Crippen LogP contribution in [0.2, 0.25) is 5.02 Å². The molecule has 0 aliphatic rings. The second kappa shape index (κ2) is 7.47. The van der Waals surface area contributed by atoms with Gasteiger partial charge in [0, 0.05) is 19.7 Å². The van der Waals surface area contributed by atoms with Crippen LogP contribution in [0.1, 0.15) is 6.92 Å². The summed E-state index contributed by atoms with van der Waals surface area (Å²) >= 11 is 6.18. The molecule has 0 spiro atoms. The second-order valence-electron chi connectivity index (χ2n) is 4.26. The van der Waals surface area contributed by atoms with Crippen LogP contribution in [-0.4, -0.2) is 43.1 Å². The van der Waals surface area contributed by atoms with Gasteiger partial charge in [-0.2, -0.15) is 0 Å². The minimum atomic E-state index is 0.454. The number of benzene rings is 1. The van der Waals surface area contributed by atoms with E-state index in [9.17, 15) is 0 Å². The van der Waals surface area contributed by atoms with E-state index in [2.05, 4.69) is 11.9 Å². The molecule has 2 aromatic rings. The number of aryl methyl sites for hydroxylation is 1. The van der Waals surface area contributed by atoms with Gasteiger partial charge in [0.1, 0.15) is 12.4 Å². The Morgan fingerprint density at radius 3 is 2.75 bits per heavy atom. The Morgan fingerprint density at radius 2 is 2.00 bits per heavy atom. The lowest BCUT2D eigenvalue weighted by Gasteiger charge is -2.09. The Labute approximate surface area is 123 Å². The quantitative estimate of drug-likeness (QED) is 0.703. The number of ether oxygens (including phenoxy) is 3. The summed E-state index contributed by atoms with van der Waals surface area (Å²) in [5.74, 6) is 0.657. The first-order valence-corrected chi connectivity index (χ1v) is 6.98. The maximum Gasteiger partial charge on any atom is 0.140 e. The van der Waals surface area contributed by atoms with Crippen molar-refractivity contribution in [2.75, 3.05) is 33.5 Å². The summed E-state index contributed by atoms with van der Waals surface area (Å²) in [4.78, 5) is 4.31. The third-order valence-electron chi connectivity index (χ3n) is 2.93. The number of halogens is 1. The van der Waals surface area contributed by atoms with E-state index < -0.39 is 0 Å². The van der Waals surface area contributed by atoms with E-state index in [1.807, 2.05) is 16.7 Å². The monoisotopic (exact) mass is 298 g/mol. The van der Waals surface area contributed by atoms with Gasteiger partial charge in [0.05, 0.1) is 42.2 Å². The molecule has 1 aromatic heterocycles. The molecule has 0 amide bonds. The van der Waals surface area contributed by atoms with Gasteiger partial charge in [-0.25, -0.2) is 4.98 Å². The fourth-order valence-corrected chi connectivity index (χ4v) is 2.09. The maximum atomic E-state index is 6.18.